The predicted molar refractivity (Wildman–Crippen MR) is 101 cm³/mol. The van der Waals surface area contributed by atoms with E-state index in [1.165, 1.54) is 18.2 Å². The highest BCUT2D eigenvalue weighted by Gasteiger charge is 2.21. The molecule has 27 heavy (non-hydrogen) atoms. The molecule has 0 radical (unpaired) electrons. The summed E-state index contributed by atoms with van der Waals surface area (Å²) in [6.07, 6.45) is 1.15. The Bertz CT molecular complexity index is 813. The van der Waals surface area contributed by atoms with Crippen LogP contribution < -0.4 is 5.32 Å². The van der Waals surface area contributed by atoms with Crippen LogP contribution in [0.2, 0.25) is 5.02 Å². The Labute approximate surface area is 161 Å². The molecule has 1 fully saturated rings. The van der Waals surface area contributed by atoms with Crippen LogP contribution >= 0.6 is 11.6 Å². The number of benzene rings is 2. The highest BCUT2D eigenvalue weighted by Crippen LogP contribution is 2.21. The lowest BCUT2D eigenvalue weighted by molar-refractivity contribution is -0.132. The summed E-state index contributed by atoms with van der Waals surface area (Å²) in [6.45, 7) is 1.13. The maximum atomic E-state index is 13.8. The summed E-state index contributed by atoms with van der Waals surface area (Å²) in [5, 5.41) is 12.2. The number of likely N-dealkylation sites (tertiary alicyclic amines) is 1. The molecule has 5 nitrogen and oxygen atoms in total. The second-order valence-corrected chi connectivity index (χ2v) is 6.94. The van der Waals surface area contributed by atoms with Crippen LogP contribution in [-0.4, -0.2) is 41.0 Å². The topological polar surface area (TPSA) is 69.6 Å². The molecule has 1 aliphatic rings. The van der Waals surface area contributed by atoms with Crippen LogP contribution in [0, 0.1) is 5.82 Å². The smallest absolute Gasteiger partial charge is 0.260 e. The number of anilines is 1. The highest BCUT2D eigenvalue weighted by atomic mass is 35.5. The van der Waals surface area contributed by atoms with Crippen molar-refractivity contribution in [2.75, 3.05) is 18.4 Å². The van der Waals surface area contributed by atoms with Crippen LogP contribution in [0.25, 0.3) is 0 Å². The zero-order chi connectivity index (χ0) is 19.4. The molecule has 2 amide bonds. The van der Waals surface area contributed by atoms with Gasteiger partial charge in [-0.05, 0) is 42.7 Å². The van der Waals surface area contributed by atoms with E-state index in [2.05, 4.69) is 5.32 Å². The highest BCUT2D eigenvalue weighted by molar-refractivity contribution is 6.34. The van der Waals surface area contributed by atoms with Gasteiger partial charge in [0.2, 0.25) is 5.91 Å². The summed E-state index contributed by atoms with van der Waals surface area (Å²) < 4.78 is 13.8. The second-order valence-electron chi connectivity index (χ2n) is 6.54. The van der Waals surface area contributed by atoms with Gasteiger partial charge in [-0.3, -0.25) is 9.59 Å². The molecule has 7 heteroatoms. The average Bonchev–Trinajstić information content (AvgIpc) is 2.63. The van der Waals surface area contributed by atoms with Gasteiger partial charge >= 0.3 is 0 Å². The molecule has 1 heterocycles. The molecule has 1 aliphatic heterocycles. The first-order valence-corrected chi connectivity index (χ1v) is 9.12. The largest absolute Gasteiger partial charge is 0.393 e. The number of aliphatic hydroxyl groups is 1. The number of carbonyl (C=O) groups excluding carboxylic acids is 2. The quantitative estimate of drug-likeness (QED) is 0.841. The molecule has 0 atom stereocenters. The summed E-state index contributed by atoms with van der Waals surface area (Å²) in [6, 6.07) is 10.9. The summed E-state index contributed by atoms with van der Waals surface area (Å²) in [4.78, 5) is 26.3. The van der Waals surface area contributed by atoms with E-state index >= 15 is 0 Å². The van der Waals surface area contributed by atoms with Crippen molar-refractivity contribution in [1.29, 1.82) is 0 Å². The molecule has 1 saturated heterocycles. The van der Waals surface area contributed by atoms with E-state index in [-0.39, 0.29) is 29.0 Å². The van der Waals surface area contributed by atoms with E-state index < -0.39 is 11.7 Å². The molecular formula is C20H20ClFN2O3. The van der Waals surface area contributed by atoms with Crippen molar-refractivity contribution >= 4 is 29.1 Å². The minimum absolute atomic E-state index is 0.0109. The van der Waals surface area contributed by atoms with Crippen molar-refractivity contribution in [1.82, 2.24) is 4.90 Å². The molecule has 0 unspecified atom stereocenters. The normalized spacial score (nSPS) is 14.9. The number of halogens is 2. The summed E-state index contributed by atoms with van der Waals surface area (Å²) in [5.41, 5.74) is 1.09. The van der Waals surface area contributed by atoms with Crippen molar-refractivity contribution in [3.8, 4) is 0 Å². The third kappa shape index (κ3) is 4.84. The zero-order valence-corrected chi connectivity index (χ0v) is 15.4. The molecule has 2 aromatic carbocycles. The SMILES string of the molecule is O=C(Nc1ccc(CC(=O)N2CCC(O)CC2)cc1)c1c(F)cccc1Cl. The molecule has 0 spiro atoms. The first-order chi connectivity index (χ1) is 12.9. The molecule has 2 aromatic rings. The Hall–Kier alpha value is -2.44. The van der Waals surface area contributed by atoms with Gasteiger partial charge in [0.15, 0.2) is 0 Å². The average molecular weight is 391 g/mol. The van der Waals surface area contributed by atoms with E-state index in [9.17, 15) is 19.1 Å². The van der Waals surface area contributed by atoms with Gasteiger partial charge in [-0.2, -0.15) is 0 Å². The molecule has 142 valence electrons. The monoisotopic (exact) mass is 390 g/mol. The molecular weight excluding hydrogens is 371 g/mol. The fraction of sp³-hybridized carbons (Fsp3) is 0.300. The van der Waals surface area contributed by atoms with Gasteiger partial charge < -0.3 is 15.3 Å². The number of nitrogens with one attached hydrogen (secondary N) is 1. The maximum Gasteiger partial charge on any atom is 0.260 e. The van der Waals surface area contributed by atoms with Crippen molar-refractivity contribution in [3.63, 3.8) is 0 Å². The third-order valence-electron chi connectivity index (χ3n) is 4.57. The van der Waals surface area contributed by atoms with Crippen LogP contribution in [0.3, 0.4) is 0 Å². The van der Waals surface area contributed by atoms with E-state index in [1.807, 2.05) is 0 Å². The lowest BCUT2D eigenvalue weighted by Crippen LogP contribution is -2.40. The Morgan fingerprint density at radius 1 is 1.15 bits per heavy atom. The van der Waals surface area contributed by atoms with Gasteiger partial charge in [-0.15, -0.1) is 0 Å². The molecule has 0 aromatic heterocycles. The molecule has 3 rings (SSSR count). The number of aliphatic hydroxyl groups excluding tert-OH is 1. The van der Waals surface area contributed by atoms with Crippen LogP contribution in [0.5, 0.6) is 0 Å². The van der Waals surface area contributed by atoms with Gasteiger partial charge in [0, 0.05) is 18.8 Å². The van der Waals surface area contributed by atoms with Crippen molar-refractivity contribution < 1.29 is 19.1 Å². The molecule has 0 saturated carbocycles. The number of piperidine rings is 1. The van der Waals surface area contributed by atoms with E-state index in [4.69, 9.17) is 11.6 Å². The number of amides is 2. The number of nitrogens with zero attached hydrogens (tertiary/aromatic N) is 1. The van der Waals surface area contributed by atoms with Crippen molar-refractivity contribution in [2.45, 2.75) is 25.4 Å². The van der Waals surface area contributed by atoms with Crippen LogP contribution in [-0.2, 0) is 11.2 Å². The molecule has 0 bridgehead atoms. The summed E-state index contributed by atoms with van der Waals surface area (Å²) >= 11 is 5.90. The number of rotatable bonds is 4. The Balaban J connectivity index is 1.60. The Kier molecular flexibility index (Phi) is 6.08. The van der Waals surface area contributed by atoms with Crippen LogP contribution in [0.4, 0.5) is 10.1 Å². The van der Waals surface area contributed by atoms with Gasteiger partial charge in [0.1, 0.15) is 5.82 Å². The number of hydrogen-bond donors (Lipinski definition) is 2. The minimum Gasteiger partial charge on any atom is -0.393 e. The minimum atomic E-state index is -0.686. The van der Waals surface area contributed by atoms with Crippen molar-refractivity contribution in [2.24, 2.45) is 0 Å². The maximum absolute atomic E-state index is 13.8. The van der Waals surface area contributed by atoms with Crippen molar-refractivity contribution in [3.05, 3.63) is 64.4 Å². The number of hydrogen-bond acceptors (Lipinski definition) is 3. The third-order valence-corrected chi connectivity index (χ3v) is 4.89. The van der Waals surface area contributed by atoms with E-state index in [1.54, 1.807) is 29.2 Å². The lowest BCUT2D eigenvalue weighted by atomic mass is 10.1. The van der Waals surface area contributed by atoms with E-state index in [0.29, 0.717) is 31.6 Å². The molecule has 2 N–H and O–H groups in total. The lowest BCUT2D eigenvalue weighted by Gasteiger charge is -2.29. The first-order valence-electron chi connectivity index (χ1n) is 8.74. The fourth-order valence-corrected chi connectivity index (χ4v) is 3.26. The summed E-state index contributed by atoms with van der Waals surface area (Å²) in [5.74, 6) is -1.31. The summed E-state index contributed by atoms with van der Waals surface area (Å²) in [7, 11) is 0. The van der Waals surface area contributed by atoms with Crippen LogP contribution in [0.1, 0.15) is 28.8 Å². The standard InChI is InChI=1S/C20H20ClFN2O3/c21-16-2-1-3-17(22)19(16)20(27)23-14-6-4-13(5-7-14)12-18(26)24-10-8-15(25)9-11-24/h1-7,15,25H,8-12H2,(H,23,27). The van der Waals surface area contributed by atoms with Gasteiger partial charge in [-0.25, -0.2) is 4.39 Å². The van der Waals surface area contributed by atoms with Gasteiger partial charge in [0.25, 0.3) is 5.91 Å². The first kappa shape index (κ1) is 19.3. The van der Waals surface area contributed by atoms with Gasteiger partial charge in [-0.1, -0.05) is 29.8 Å². The molecule has 0 aliphatic carbocycles. The Morgan fingerprint density at radius 2 is 1.81 bits per heavy atom. The Morgan fingerprint density at radius 3 is 2.44 bits per heavy atom. The number of carbonyl (C=O) groups is 2. The fourth-order valence-electron chi connectivity index (χ4n) is 3.02. The van der Waals surface area contributed by atoms with E-state index in [0.717, 1.165) is 5.56 Å². The van der Waals surface area contributed by atoms with Gasteiger partial charge in [0.05, 0.1) is 23.1 Å². The predicted octanol–water partition coefficient (Wildman–Crippen LogP) is 3.26. The second kappa shape index (κ2) is 8.50. The zero-order valence-electron chi connectivity index (χ0n) is 14.6. The van der Waals surface area contributed by atoms with Crippen LogP contribution in [0.15, 0.2) is 42.5 Å².